The van der Waals surface area contributed by atoms with E-state index < -0.39 is 0 Å². The van der Waals surface area contributed by atoms with Gasteiger partial charge in [0, 0.05) is 6.20 Å². The molecule has 1 saturated heterocycles. The van der Waals surface area contributed by atoms with E-state index in [0.717, 1.165) is 36.5 Å². The van der Waals surface area contributed by atoms with Crippen LogP contribution in [0.3, 0.4) is 0 Å². The van der Waals surface area contributed by atoms with Crippen LogP contribution in [0.4, 0.5) is 0 Å². The fourth-order valence-corrected chi connectivity index (χ4v) is 2.71. The first-order valence-electron chi connectivity index (χ1n) is 5.45. The molecule has 0 spiro atoms. The van der Waals surface area contributed by atoms with Crippen molar-refractivity contribution in [1.29, 1.82) is 0 Å². The summed E-state index contributed by atoms with van der Waals surface area (Å²) in [6.07, 6.45) is 5.95. The Hall–Kier alpha value is -1.27. The van der Waals surface area contributed by atoms with E-state index in [-0.39, 0.29) is 0 Å². The zero-order valence-corrected chi connectivity index (χ0v) is 9.65. The lowest BCUT2D eigenvalue weighted by Gasteiger charge is -2.23. The Kier molecular flexibility index (Phi) is 2.67. The fraction of sp³-hybridized carbons (Fsp3) is 0.500. The number of aromatic nitrogens is 4. The van der Waals surface area contributed by atoms with Crippen LogP contribution in [0, 0.1) is 0 Å². The normalized spacial score (nSPS) is 17.8. The summed E-state index contributed by atoms with van der Waals surface area (Å²) < 4.78 is 2.05. The third-order valence-electron chi connectivity index (χ3n) is 2.91. The molecule has 0 amide bonds. The highest BCUT2D eigenvalue weighted by Crippen LogP contribution is 2.27. The fourth-order valence-electron chi connectivity index (χ4n) is 2.08. The van der Waals surface area contributed by atoms with Gasteiger partial charge in [-0.15, -0.1) is 16.4 Å². The van der Waals surface area contributed by atoms with E-state index in [2.05, 4.69) is 20.6 Å². The molecule has 2 aromatic rings. The number of thiazole rings is 1. The lowest BCUT2D eigenvalue weighted by Crippen LogP contribution is -2.30. The van der Waals surface area contributed by atoms with Crippen molar-refractivity contribution in [2.75, 3.05) is 13.1 Å². The van der Waals surface area contributed by atoms with Gasteiger partial charge < -0.3 is 5.32 Å². The summed E-state index contributed by atoms with van der Waals surface area (Å²) in [5.41, 5.74) is 2.93. The third kappa shape index (κ3) is 1.74. The van der Waals surface area contributed by atoms with Crippen LogP contribution in [-0.4, -0.2) is 33.1 Å². The second kappa shape index (κ2) is 4.31. The highest BCUT2D eigenvalue weighted by atomic mass is 32.1. The Morgan fingerprint density at radius 3 is 2.94 bits per heavy atom. The number of hydrogen-bond acceptors (Lipinski definition) is 5. The molecule has 0 aromatic carbocycles. The molecule has 2 aromatic heterocycles. The van der Waals surface area contributed by atoms with E-state index in [1.54, 1.807) is 11.3 Å². The van der Waals surface area contributed by atoms with E-state index in [1.165, 1.54) is 0 Å². The topological polar surface area (TPSA) is 55.6 Å². The molecular weight excluding hydrogens is 222 g/mol. The molecule has 0 atom stereocenters. The van der Waals surface area contributed by atoms with Crippen LogP contribution >= 0.6 is 11.3 Å². The maximum atomic E-state index is 4.21. The Morgan fingerprint density at radius 1 is 1.31 bits per heavy atom. The summed E-state index contributed by atoms with van der Waals surface area (Å²) in [5.74, 6) is 0. The molecule has 1 fully saturated rings. The molecule has 0 saturated carbocycles. The molecule has 16 heavy (non-hydrogen) atoms. The minimum absolute atomic E-state index is 0.473. The number of nitrogens with zero attached hydrogens (tertiary/aromatic N) is 4. The lowest BCUT2D eigenvalue weighted by molar-refractivity contribution is 0.340. The number of nitrogens with one attached hydrogen (secondary N) is 1. The largest absolute Gasteiger partial charge is 0.317 e. The highest BCUT2D eigenvalue weighted by molar-refractivity contribution is 7.13. The molecule has 0 bridgehead atoms. The van der Waals surface area contributed by atoms with Gasteiger partial charge in [-0.2, -0.15) is 0 Å². The molecule has 3 rings (SSSR count). The molecule has 0 radical (unpaired) electrons. The van der Waals surface area contributed by atoms with E-state index >= 15 is 0 Å². The van der Waals surface area contributed by atoms with Crippen LogP contribution in [0.5, 0.6) is 0 Å². The van der Waals surface area contributed by atoms with Gasteiger partial charge in [0.25, 0.3) is 0 Å². The number of rotatable bonds is 2. The third-order valence-corrected chi connectivity index (χ3v) is 3.71. The zero-order chi connectivity index (χ0) is 10.8. The second-order valence-electron chi connectivity index (χ2n) is 3.91. The van der Waals surface area contributed by atoms with Crippen LogP contribution in [0.1, 0.15) is 18.9 Å². The van der Waals surface area contributed by atoms with Gasteiger partial charge >= 0.3 is 0 Å². The van der Waals surface area contributed by atoms with Gasteiger partial charge in [-0.3, -0.25) is 4.98 Å². The van der Waals surface area contributed by atoms with Gasteiger partial charge in [0.2, 0.25) is 0 Å². The van der Waals surface area contributed by atoms with Crippen molar-refractivity contribution >= 4 is 11.3 Å². The average molecular weight is 235 g/mol. The second-order valence-corrected chi connectivity index (χ2v) is 4.80. The van der Waals surface area contributed by atoms with Gasteiger partial charge in [0.05, 0.1) is 22.6 Å². The van der Waals surface area contributed by atoms with Crippen LogP contribution in [0.25, 0.3) is 10.6 Å². The number of piperidine rings is 1. The van der Waals surface area contributed by atoms with Crippen LogP contribution < -0.4 is 5.32 Å². The Bertz CT molecular complexity index is 443. The average Bonchev–Trinajstić information content (AvgIpc) is 3.01. The maximum Gasteiger partial charge on any atom is 0.100 e. The summed E-state index contributed by atoms with van der Waals surface area (Å²) >= 11 is 1.63. The predicted molar refractivity (Wildman–Crippen MR) is 62.3 cm³/mol. The minimum Gasteiger partial charge on any atom is -0.317 e. The van der Waals surface area contributed by atoms with Crippen molar-refractivity contribution in [3.05, 3.63) is 17.9 Å². The standard InChI is InChI=1S/C10H13N5S/c1-3-11-4-2-8(1)15-9(5-13-14-15)10-6-12-7-16-10/h5-8,11H,1-4H2. The van der Waals surface area contributed by atoms with E-state index in [9.17, 15) is 0 Å². The number of hydrogen-bond donors (Lipinski definition) is 1. The molecular formula is C10H13N5S. The van der Waals surface area contributed by atoms with E-state index in [4.69, 9.17) is 0 Å². The monoisotopic (exact) mass is 235 g/mol. The lowest BCUT2D eigenvalue weighted by atomic mass is 10.1. The maximum absolute atomic E-state index is 4.21. The van der Waals surface area contributed by atoms with Crippen LogP contribution in [-0.2, 0) is 0 Å². The molecule has 6 heteroatoms. The van der Waals surface area contributed by atoms with Gasteiger partial charge in [-0.25, -0.2) is 4.68 Å². The Morgan fingerprint density at radius 2 is 2.19 bits per heavy atom. The first-order valence-corrected chi connectivity index (χ1v) is 6.33. The zero-order valence-electron chi connectivity index (χ0n) is 8.83. The van der Waals surface area contributed by atoms with Crippen molar-refractivity contribution in [3.63, 3.8) is 0 Å². The Labute approximate surface area is 97.5 Å². The van der Waals surface area contributed by atoms with Crippen molar-refractivity contribution in [1.82, 2.24) is 25.3 Å². The smallest absolute Gasteiger partial charge is 0.100 e. The summed E-state index contributed by atoms with van der Waals surface area (Å²) in [7, 11) is 0. The van der Waals surface area contributed by atoms with E-state index in [0.29, 0.717) is 6.04 Å². The molecule has 5 nitrogen and oxygen atoms in total. The van der Waals surface area contributed by atoms with Crippen LogP contribution in [0.15, 0.2) is 17.9 Å². The summed E-state index contributed by atoms with van der Waals surface area (Å²) in [6.45, 7) is 2.12. The van der Waals surface area contributed by atoms with Crippen molar-refractivity contribution in [2.24, 2.45) is 0 Å². The quantitative estimate of drug-likeness (QED) is 0.853. The SMILES string of the molecule is c1ncc(-c2cnnn2C2CCNCC2)s1. The minimum atomic E-state index is 0.473. The molecule has 1 N–H and O–H groups in total. The van der Waals surface area contributed by atoms with Crippen molar-refractivity contribution in [2.45, 2.75) is 18.9 Å². The van der Waals surface area contributed by atoms with Crippen molar-refractivity contribution in [3.8, 4) is 10.6 Å². The van der Waals surface area contributed by atoms with Gasteiger partial charge in [-0.05, 0) is 25.9 Å². The molecule has 1 aliphatic heterocycles. The highest BCUT2D eigenvalue weighted by Gasteiger charge is 2.19. The molecule has 0 unspecified atom stereocenters. The molecule has 84 valence electrons. The first-order chi connectivity index (χ1) is 7.95. The van der Waals surface area contributed by atoms with Crippen molar-refractivity contribution < 1.29 is 0 Å². The first kappa shape index (κ1) is 9.92. The summed E-state index contributed by atoms with van der Waals surface area (Å²) in [6, 6.07) is 0.473. The van der Waals surface area contributed by atoms with Crippen LogP contribution in [0.2, 0.25) is 0 Å². The Balaban J connectivity index is 1.92. The summed E-state index contributed by atoms with van der Waals surface area (Å²) in [5, 5.41) is 11.6. The van der Waals surface area contributed by atoms with Gasteiger partial charge in [0.15, 0.2) is 0 Å². The molecule has 1 aliphatic rings. The predicted octanol–water partition coefficient (Wildman–Crippen LogP) is 1.33. The molecule has 3 heterocycles. The van der Waals surface area contributed by atoms with Gasteiger partial charge in [-0.1, -0.05) is 5.21 Å². The molecule has 0 aliphatic carbocycles. The van der Waals surface area contributed by atoms with Gasteiger partial charge in [0.1, 0.15) is 5.69 Å². The summed E-state index contributed by atoms with van der Waals surface area (Å²) in [4.78, 5) is 5.24. The van der Waals surface area contributed by atoms with E-state index in [1.807, 2.05) is 22.6 Å².